The Labute approximate surface area is 87.3 Å². The van der Waals surface area contributed by atoms with Gasteiger partial charge in [0.15, 0.2) is 0 Å². The van der Waals surface area contributed by atoms with Gasteiger partial charge in [-0.2, -0.15) is 26.3 Å². The minimum atomic E-state index is -5.88. The maximum absolute atomic E-state index is 11.8. The van der Waals surface area contributed by atoms with Crippen LogP contribution < -0.4 is 0 Å². The molecule has 2 atom stereocenters. The Morgan fingerprint density at radius 3 is 0.941 bits per heavy atom. The molecule has 0 aliphatic heterocycles. The second-order valence-corrected chi connectivity index (χ2v) is 2.73. The van der Waals surface area contributed by atoms with Gasteiger partial charge in [0.05, 0.1) is 0 Å². The number of hydrogen-bond acceptors (Lipinski definition) is 1. The molecule has 104 valence electrons. The third-order valence-corrected chi connectivity index (χ3v) is 1.40. The molecule has 0 fully saturated rings. The van der Waals surface area contributed by atoms with Crippen molar-refractivity contribution in [3.63, 3.8) is 0 Å². The molecule has 0 spiro atoms. The van der Waals surface area contributed by atoms with Crippen molar-refractivity contribution in [1.29, 1.82) is 0 Å². The lowest BCUT2D eigenvalue weighted by molar-refractivity contribution is -0.323. The summed E-state index contributed by atoms with van der Waals surface area (Å²) in [6, 6.07) is 0. The fraction of sp³-hybridized carbons (Fsp3) is 1.00. The zero-order valence-corrected chi connectivity index (χ0v) is 7.50. The van der Waals surface area contributed by atoms with Gasteiger partial charge in [0.2, 0.25) is 12.2 Å². The van der Waals surface area contributed by atoms with Crippen LogP contribution in [0.3, 0.4) is 0 Å². The van der Waals surface area contributed by atoms with Gasteiger partial charge in [0, 0.05) is 0 Å². The molecular weight excluding hydrogens is 278 g/mol. The Morgan fingerprint density at radius 2 is 0.824 bits per heavy atom. The molecule has 0 aliphatic carbocycles. The van der Waals surface area contributed by atoms with Crippen LogP contribution in [0.25, 0.3) is 0 Å². The van der Waals surface area contributed by atoms with Crippen LogP contribution in [0.1, 0.15) is 0 Å². The Hall–Kier alpha value is -0.740. The standard InChI is InChI=1S/C6H4F10O/c7-3(8)1(5(11,12)13)17-2(4(9)10)6(14,15)16/h1-4H/t1-,2-/m0/s1. The van der Waals surface area contributed by atoms with Gasteiger partial charge in [-0.15, -0.1) is 0 Å². The first-order valence-corrected chi connectivity index (χ1v) is 3.72. The van der Waals surface area contributed by atoms with E-state index >= 15 is 0 Å². The van der Waals surface area contributed by atoms with Crippen LogP contribution in [0.2, 0.25) is 0 Å². The molecule has 0 N–H and O–H groups in total. The van der Waals surface area contributed by atoms with E-state index in [1.54, 1.807) is 0 Å². The second kappa shape index (κ2) is 5.27. The fourth-order valence-corrected chi connectivity index (χ4v) is 0.717. The summed E-state index contributed by atoms with van der Waals surface area (Å²) in [7, 11) is 0. The Balaban J connectivity index is 4.96. The highest BCUT2D eigenvalue weighted by atomic mass is 19.4. The van der Waals surface area contributed by atoms with Crippen LogP contribution in [-0.2, 0) is 4.74 Å². The quantitative estimate of drug-likeness (QED) is 0.718. The maximum Gasteiger partial charge on any atom is 0.420 e. The minimum Gasteiger partial charge on any atom is -0.345 e. The molecule has 0 bridgehead atoms. The lowest BCUT2D eigenvalue weighted by atomic mass is 10.3. The first kappa shape index (κ1) is 16.3. The predicted molar refractivity (Wildman–Crippen MR) is 32.8 cm³/mol. The largest absolute Gasteiger partial charge is 0.420 e. The van der Waals surface area contributed by atoms with Crippen molar-refractivity contribution in [2.24, 2.45) is 0 Å². The Kier molecular flexibility index (Phi) is 5.04. The van der Waals surface area contributed by atoms with Gasteiger partial charge in [-0.05, 0) is 0 Å². The van der Waals surface area contributed by atoms with E-state index < -0.39 is 37.4 Å². The monoisotopic (exact) mass is 282 g/mol. The molecular formula is C6H4F10O. The van der Waals surface area contributed by atoms with Gasteiger partial charge >= 0.3 is 12.4 Å². The van der Waals surface area contributed by atoms with Crippen LogP contribution in [0.15, 0.2) is 0 Å². The molecule has 11 heteroatoms. The lowest BCUT2D eigenvalue weighted by Crippen LogP contribution is -2.48. The zero-order valence-electron chi connectivity index (χ0n) is 7.50. The SMILES string of the molecule is FC(F)[C@H](O[C@@H](C(F)F)C(F)(F)F)C(F)(F)F. The van der Waals surface area contributed by atoms with Gasteiger partial charge in [0.25, 0.3) is 12.9 Å². The first-order chi connectivity index (χ1) is 7.37. The van der Waals surface area contributed by atoms with Gasteiger partial charge in [-0.3, -0.25) is 0 Å². The van der Waals surface area contributed by atoms with Crippen LogP contribution in [0, 0.1) is 0 Å². The highest BCUT2D eigenvalue weighted by Crippen LogP contribution is 2.34. The Morgan fingerprint density at radius 1 is 0.588 bits per heavy atom. The van der Waals surface area contributed by atoms with E-state index in [0.717, 1.165) is 0 Å². The van der Waals surface area contributed by atoms with Crippen molar-refractivity contribution in [3.8, 4) is 0 Å². The molecule has 0 rings (SSSR count). The lowest BCUT2D eigenvalue weighted by Gasteiger charge is -2.26. The highest BCUT2D eigenvalue weighted by molar-refractivity contribution is 4.78. The number of halogens is 10. The van der Waals surface area contributed by atoms with Gasteiger partial charge < -0.3 is 4.74 Å². The van der Waals surface area contributed by atoms with Crippen LogP contribution in [-0.4, -0.2) is 37.4 Å². The average Bonchev–Trinajstić information content (AvgIpc) is 1.96. The van der Waals surface area contributed by atoms with E-state index in [1.165, 1.54) is 0 Å². The average molecular weight is 282 g/mol. The van der Waals surface area contributed by atoms with Crippen LogP contribution in [0.4, 0.5) is 43.9 Å². The van der Waals surface area contributed by atoms with E-state index in [4.69, 9.17) is 0 Å². The normalized spacial score (nSPS) is 17.6. The summed E-state index contributed by atoms with van der Waals surface area (Å²) in [5, 5.41) is 0. The Bertz CT molecular complexity index is 206. The smallest absolute Gasteiger partial charge is 0.345 e. The maximum atomic E-state index is 11.8. The molecule has 0 aromatic rings. The van der Waals surface area contributed by atoms with Crippen molar-refractivity contribution < 1.29 is 48.6 Å². The van der Waals surface area contributed by atoms with E-state index in [-0.39, 0.29) is 0 Å². The number of rotatable bonds is 4. The molecule has 17 heavy (non-hydrogen) atoms. The van der Waals surface area contributed by atoms with Gasteiger partial charge in [0.1, 0.15) is 0 Å². The zero-order chi connectivity index (χ0) is 14.0. The van der Waals surface area contributed by atoms with Crippen molar-refractivity contribution in [1.82, 2.24) is 0 Å². The minimum absolute atomic E-state index is 2.75. The van der Waals surface area contributed by atoms with Crippen molar-refractivity contribution in [2.45, 2.75) is 37.4 Å². The molecule has 0 aromatic carbocycles. The topological polar surface area (TPSA) is 9.23 Å². The summed E-state index contributed by atoms with van der Waals surface area (Å²) in [6.07, 6.45) is -29.0. The molecule has 0 unspecified atom stereocenters. The summed E-state index contributed by atoms with van der Waals surface area (Å²) < 4.78 is 120. The van der Waals surface area contributed by atoms with E-state index in [1.807, 2.05) is 0 Å². The number of hydrogen-bond donors (Lipinski definition) is 0. The summed E-state index contributed by atoms with van der Waals surface area (Å²) in [6.45, 7) is 0. The van der Waals surface area contributed by atoms with Crippen LogP contribution >= 0.6 is 0 Å². The summed E-state index contributed by atoms with van der Waals surface area (Å²) in [5.74, 6) is 0. The van der Waals surface area contributed by atoms with Crippen molar-refractivity contribution in [3.05, 3.63) is 0 Å². The molecule has 0 amide bonds. The summed E-state index contributed by atoms with van der Waals surface area (Å²) in [5.41, 5.74) is 0. The molecule has 0 aromatic heterocycles. The first-order valence-electron chi connectivity index (χ1n) is 3.72. The van der Waals surface area contributed by atoms with E-state index in [9.17, 15) is 43.9 Å². The number of alkyl halides is 10. The fourth-order valence-electron chi connectivity index (χ4n) is 0.717. The number of ether oxygens (including phenoxy) is 1. The highest BCUT2D eigenvalue weighted by Gasteiger charge is 2.55. The predicted octanol–water partition coefficient (Wildman–Crippen LogP) is 3.40. The third-order valence-electron chi connectivity index (χ3n) is 1.40. The van der Waals surface area contributed by atoms with E-state index in [0.29, 0.717) is 0 Å². The molecule has 1 nitrogen and oxygen atoms in total. The van der Waals surface area contributed by atoms with E-state index in [2.05, 4.69) is 4.74 Å². The van der Waals surface area contributed by atoms with Crippen molar-refractivity contribution in [2.75, 3.05) is 0 Å². The van der Waals surface area contributed by atoms with Gasteiger partial charge in [-0.25, -0.2) is 17.6 Å². The summed E-state index contributed by atoms with van der Waals surface area (Å²) >= 11 is 0. The van der Waals surface area contributed by atoms with Crippen LogP contribution in [0.5, 0.6) is 0 Å². The second-order valence-electron chi connectivity index (χ2n) is 2.73. The van der Waals surface area contributed by atoms with Crippen molar-refractivity contribution >= 4 is 0 Å². The molecule has 0 saturated heterocycles. The van der Waals surface area contributed by atoms with Gasteiger partial charge in [-0.1, -0.05) is 0 Å². The molecule has 0 heterocycles. The third kappa shape index (κ3) is 4.96. The molecule has 0 radical (unpaired) electrons. The summed E-state index contributed by atoms with van der Waals surface area (Å²) in [4.78, 5) is 0. The molecule has 0 saturated carbocycles. The molecule has 0 aliphatic rings.